The molecule has 0 bridgehead atoms. The second-order valence-corrected chi connectivity index (χ2v) is 10.3. The molecule has 2 aromatic carbocycles. The summed E-state index contributed by atoms with van der Waals surface area (Å²) >= 11 is 0. The zero-order valence-electron chi connectivity index (χ0n) is 20.7. The summed E-state index contributed by atoms with van der Waals surface area (Å²) in [5.41, 5.74) is 10.2. The summed E-state index contributed by atoms with van der Waals surface area (Å²) in [5.74, 6) is -0.400. The van der Waals surface area contributed by atoms with Crippen molar-refractivity contribution in [2.45, 2.75) is 32.7 Å². The summed E-state index contributed by atoms with van der Waals surface area (Å²) in [5, 5.41) is 9.39. The highest BCUT2D eigenvalue weighted by atomic mass is 32.2. The minimum atomic E-state index is -4.32. The lowest BCUT2D eigenvalue weighted by Gasteiger charge is -2.16. The van der Waals surface area contributed by atoms with Gasteiger partial charge in [0.15, 0.2) is 5.03 Å². The molecule has 10 heteroatoms. The number of phenols is 1. The topological polar surface area (TPSA) is 144 Å². The zero-order chi connectivity index (χ0) is 26.9. The van der Waals surface area contributed by atoms with Crippen LogP contribution in [0.25, 0.3) is 11.3 Å². The van der Waals surface area contributed by atoms with Gasteiger partial charge in [0.2, 0.25) is 5.88 Å². The first-order valence-corrected chi connectivity index (χ1v) is 12.8. The third kappa shape index (κ3) is 5.54. The SMILES string of the molecule is Cc1cc(C)c(Oc2nc(-c3ccc(O)cc3C)ccc2C(=O)NS(=O)(=O)c2cccc(N)n2)c(C)c1. The van der Waals surface area contributed by atoms with E-state index in [0.29, 0.717) is 17.0 Å². The number of nitrogens with two attached hydrogens (primary N) is 1. The molecule has 0 aliphatic rings. The van der Waals surface area contributed by atoms with Crippen molar-refractivity contribution in [3.8, 4) is 28.6 Å². The first-order valence-electron chi connectivity index (χ1n) is 11.3. The van der Waals surface area contributed by atoms with Crippen LogP contribution in [0.1, 0.15) is 32.6 Å². The van der Waals surface area contributed by atoms with E-state index in [9.17, 15) is 18.3 Å². The van der Waals surface area contributed by atoms with Gasteiger partial charge >= 0.3 is 0 Å². The van der Waals surface area contributed by atoms with Crippen LogP contribution in [0.3, 0.4) is 0 Å². The van der Waals surface area contributed by atoms with Gasteiger partial charge in [0.25, 0.3) is 15.9 Å². The number of aromatic nitrogens is 2. The van der Waals surface area contributed by atoms with E-state index in [2.05, 4.69) is 9.97 Å². The Hall–Kier alpha value is -4.44. The number of phenolic OH excluding ortho intramolecular Hbond substituents is 1. The molecular formula is C27H26N4O5S. The quantitative estimate of drug-likeness (QED) is 0.336. The summed E-state index contributed by atoms with van der Waals surface area (Å²) in [4.78, 5) is 21.6. The lowest BCUT2D eigenvalue weighted by molar-refractivity contribution is 0.0978. The van der Waals surface area contributed by atoms with Crippen molar-refractivity contribution in [1.82, 2.24) is 14.7 Å². The molecule has 2 heterocycles. The van der Waals surface area contributed by atoms with Crippen LogP contribution in [0.5, 0.6) is 17.4 Å². The normalized spacial score (nSPS) is 11.2. The number of sulfonamides is 1. The molecule has 0 unspecified atom stereocenters. The maximum Gasteiger partial charge on any atom is 0.281 e. The van der Waals surface area contributed by atoms with E-state index in [1.54, 1.807) is 18.2 Å². The minimum Gasteiger partial charge on any atom is -0.508 e. The molecule has 190 valence electrons. The van der Waals surface area contributed by atoms with Crippen LogP contribution < -0.4 is 15.2 Å². The molecule has 0 fully saturated rings. The number of anilines is 1. The molecule has 4 rings (SSSR count). The zero-order valence-corrected chi connectivity index (χ0v) is 21.6. The van der Waals surface area contributed by atoms with Crippen molar-refractivity contribution >= 4 is 21.7 Å². The van der Waals surface area contributed by atoms with Crippen molar-refractivity contribution in [3.63, 3.8) is 0 Å². The second-order valence-electron chi connectivity index (χ2n) is 8.71. The van der Waals surface area contributed by atoms with Crippen molar-refractivity contribution in [3.05, 3.63) is 88.5 Å². The van der Waals surface area contributed by atoms with E-state index in [0.717, 1.165) is 22.3 Å². The van der Waals surface area contributed by atoms with Crippen LogP contribution in [0.15, 0.2) is 65.7 Å². The molecule has 9 nitrogen and oxygen atoms in total. The van der Waals surface area contributed by atoms with E-state index in [4.69, 9.17) is 10.5 Å². The number of hydrogen-bond acceptors (Lipinski definition) is 8. The fraction of sp³-hybridized carbons (Fsp3) is 0.148. The number of nitrogens with zero attached hydrogens (tertiary/aromatic N) is 2. The van der Waals surface area contributed by atoms with Gasteiger partial charge in [-0.25, -0.2) is 14.7 Å². The molecule has 37 heavy (non-hydrogen) atoms. The molecule has 0 atom stereocenters. The molecule has 0 radical (unpaired) electrons. The van der Waals surface area contributed by atoms with Gasteiger partial charge in [-0.3, -0.25) is 4.79 Å². The molecular weight excluding hydrogens is 492 g/mol. The standard InChI is InChI=1S/C27H26N4O5S/c1-15-12-17(3)25(18(4)13-15)36-27-21(10-11-22(29-27)20-9-8-19(32)14-16(20)2)26(33)31-37(34,35)24-7-5-6-23(28)30-24/h5-14,32H,1-4H3,(H2,28,30)(H,31,33). The number of aryl methyl sites for hydroxylation is 4. The average molecular weight is 519 g/mol. The van der Waals surface area contributed by atoms with Crippen LogP contribution in [0, 0.1) is 27.7 Å². The number of carbonyl (C=O) groups excluding carboxylic acids is 1. The third-order valence-electron chi connectivity index (χ3n) is 5.64. The van der Waals surface area contributed by atoms with Gasteiger partial charge in [-0.1, -0.05) is 23.8 Å². The Morgan fingerprint density at radius 3 is 2.27 bits per heavy atom. The molecule has 1 amide bonds. The number of rotatable bonds is 6. The monoisotopic (exact) mass is 518 g/mol. The number of carbonyl (C=O) groups is 1. The average Bonchev–Trinajstić information content (AvgIpc) is 2.81. The summed E-state index contributed by atoms with van der Waals surface area (Å²) in [7, 11) is -4.32. The highest BCUT2D eigenvalue weighted by molar-refractivity contribution is 7.90. The van der Waals surface area contributed by atoms with Gasteiger partial charge in [0.1, 0.15) is 22.9 Å². The molecule has 4 aromatic rings. The van der Waals surface area contributed by atoms with Gasteiger partial charge in [0, 0.05) is 5.56 Å². The lowest BCUT2D eigenvalue weighted by Crippen LogP contribution is -2.31. The Morgan fingerprint density at radius 2 is 1.62 bits per heavy atom. The Kier molecular flexibility index (Phi) is 6.86. The predicted molar refractivity (Wildman–Crippen MR) is 140 cm³/mol. The number of nitrogen functional groups attached to an aromatic ring is 1. The van der Waals surface area contributed by atoms with Gasteiger partial charge in [-0.05, 0) is 86.8 Å². The molecule has 0 saturated heterocycles. The van der Waals surface area contributed by atoms with Crippen molar-refractivity contribution < 1.29 is 23.1 Å². The number of benzene rings is 2. The fourth-order valence-corrected chi connectivity index (χ4v) is 4.95. The van der Waals surface area contributed by atoms with E-state index >= 15 is 0 Å². The minimum absolute atomic E-state index is 0.0000416. The number of ether oxygens (including phenoxy) is 1. The van der Waals surface area contributed by atoms with Crippen LogP contribution in [-0.2, 0) is 10.0 Å². The Labute approximate surface area is 215 Å². The first kappa shape index (κ1) is 25.6. The van der Waals surface area contributed by atoms with E-state index in [1.165, 1.54) is 30.3 Å². The molecule has 0 spiro atoms. The van der Waals surface area contributed by atoms with Gasteiger partial charge in [-0.15, -0.1) is 0 Å². The lowest BCUT2D eigenvalue weighted by atomic mass is 10.0. The van der Waals surface area contributed by atoms with Crippen molar-refractivity contribution in [1.29, 1.82) is 0 Å². The molecule has 0 aliphatic heterocycles. The van der Waals surface area contributed by atoms with E-state index < -0.39 is 21.0 Å². The number of pyridine rings is 2. The van der Waals surface area contributed by atoms with Crippen molar-refractivity contribution in [2.75, 3.05) is 5.73 Å². The number of nitrogens with one attached hydrogen (secondary N) is 1. The Balaban J connectivity index is 1.80. The highest BCUT2D eigenvalue weighted by Gasteiger charge is 2.25. The molecule has 2 aromatic heterocycles. The van der Waals surface area contributed by atoms with E-state index in [1.807, 2.05) is 44.5 Å². The van der Waals surface area contributed by atoms with E-state index in [-0.39, 0.29) is 23.0 Å². The van der Waals surface area contributed by atoms with Crippen LogP contribution in [0.4, 0.5) is 5.82 Å². The number of aromatic hydroxyl groups is 1. The fourth-order valence-electron chi connectivity index (χ4n) is 4.01. The molecule has 0 saturated carbocycles. The summed E-state index contributed by atoms with van der Waals surface area (Å²) in [6, 6.07) is 15.8. The van der Waals surface area contributed by atoms with Crippen LogP contribution in [0.2, 0.25) is 0 Å². The number of hydrogen-bond donors (Lipinski definition) is 3. The third-order valence-corrected chi connectivity index (χ3v) is 6.87. The first-order chi connectivity index (χ1) is 17.4. The molecule has 4 N–H and O–H groups in total. The summed E-state index contributed by atoms with van der Waals surface area (Å²) in [6.45, 7) is 7.53. The highest BCUT2D eigenvalue weighted by Crippen LogP contribution is 2.33. The van der Waals surface area contributed by atoms with Gasteiger partial charge in [-0.2, -0.15) is 8.42 Å². The van der Waals surface area contributed by atoms with Gasteiger partial charge < -0.3 is 15.6 Å². The van der Waals surface area contributed by atoms with Crippen LogP contribution in [-0.4, -0.2) is 29.4 Å². The van der Waals surface area contributed by atoms with Gasteiger partial charge in [0.05, 0.1) is 5.69 Å². The number of amides is 1. The maximum atomic E-state index is 13.2. The van der Waals surface area contributed by atoms with Crippen LogP contribution >= 0.6 is 0 Å². The van der Waals surface area contributed by atoms with Crippen molar-refractivity contribution in [2.24, 2.45) is 0 Å². The Morgan fingerprint density at radius 1 is 0.919 bits per heavy atom. The Bertz CT molecular complexity index is 1610. The molecule has 0 aliphatic carbocycles. The largest absolute Gasteiger partial charge is 0.508 e. The summed E-state index contributed by atoms with van der Waals surface area (Å²) < 4.78 is 33.8. The predicted octanol–water partition coefficient (Wildman–Crippen LogP) is 4.58. The maximum absolute atomic E-state index is 13.2. The smallest absolute Gasteiger partial charge is 0.281 e. The second kappa shape index (κ2) is 9.90. The summed E-state index contributed by atoms with van der Waals surface area (Å²) in [6.07, 6.45) is 0.